The van der Waals surface area contributed by atoms with Crippen LogP contribution in [-0.4, -0.2) is 21.6 Å². The van der Waals surface area contributed by atoms with Gasteiger partial charge in [-0.3, -0.25) is 14.2 Å². The van der Waals surface area contributed by atoms with Gasteiger partial charge in [-0.2, -0.15) is 0 Å². The fourth-order valence-electron chi connectivity index (χ4n) is 2.53. The second kappa shape index (κ2) is 8.32. The Kier molecular flexibility index (Phi) is 6.15. The van der Waals surface area contributed by atoms with Crippen LogP contribution in [0.25, 0.3) is 17.0 Å². The Morgan fingerprint density at radius 3 is 2.74 bits per heavy atom. The molecule has 1 heterocycles. The number of hydrogen-bond acceptors (Lipinski definition) is 2. The molecule has 23 heavy (non-hydrogen) atoms. The minimum absolute atomic E-state index is 0.0254. The van der Waals surface area contributed by atoms with Crippen LogP contribution in [0.2, 0.25) is 0 Å². The normalized spacial score (nSPS) is 11.3. The van der Waals surface area contributed by atoms with Gasteiger partial charge >= 0.3 is 5.97 Å². The van der Waals surface area contributed by atoms with Crippen LogP contribution >= 0.6 is 0 Å². The lowest BCUT2D eigenvalue weighted by molar-refractivity contribution is -0.137. The molecule has 0 aliphatic heterocycles. The highest BCUT2D eigenvalue weighted by molar-refractivity contribution is 5.93. The molecule has 2 aromatic rings. The van der Waals surface area contributed by atoms with Gasteiger partial charge in [0.05, 0.1) is 5.52 Å². The van der Waals surface area contributed by atoms with Crippen molar-refractivity contribution in [2.24, 2.45) is 0 Å². The number of carboxylic acid groups (broad SMARTS) is 1. The first-order chi connectivity index (χ1) is 11.1. The number of carboxylic acids is 1. The summed E-state index contributed by atoms with van der Waals surface area (Å²) in [5.74, 6) is -0.929. The molecule has 1 N–H and O–H groups in total. The number of hydrogen-bond donors (Lipinski definition) is 1. The Balaban J connectivity index is 2.07. The molecule has 1 aromatic carbocycles. The van der Waals surface area contributed by atoms with Crippen LogP contribution in [0.15, 0.2) is 36.5 Å². The standard InChI is InChI=1S/C19H23NO3/c1-2-3-4-5-7-15-10-11-17-16(14-15)12-13-20(17)18(21)8-6-9-19(22)23/h5,7,10-14H,2-4,6,8-9H2,1H3,(H,22,23)/b7-5+. The SMILES string of the molecule is CCCC/C=C/c1ccc2c(ccn2C(=O)CCCC(=O)O)c1. The van der Waals surface area contributed by atoms with Gasteiger partial charge in [-0.25, -0.2) is 0 Å². The van der Waals surface area contributed by atoms with E-state index in [1.54, 1.807) is 10.8 Å². The van der Waals surface area contributed by atoms with E-state index in [0.717, 1.165) is 22.9 Å². The minimum atomic E-state index is -0.866. The molecule has 0 bridgehead atoms. The molecule has 1 aromatic heterocycles. The third kappa shape index (κ3) is 4.81. The maximum Gasteiger partial charge on any atom is 0.303 e. The molecule has 4 heteroatoms. The highest BCUT2D eigenvalue weighted by Crippen LogP contribution is 2.19. The number of nitrogens with zero attached hydrogens (tertiary/aromatic N) is 1. The maximum atomic E-state index is 12.2. The number of carbonyl (C=O) groups is 2. The summed E-state index contributed by atoms with van der Waals surface area (Å²) in [6.45, 7) is 2.18. The molecule has 0 aliphatic rings. The Morgan fingerprint density at radius 2 is 2.00 bits per heavy atom. The van der Waals surface area contributed by atoms with E-state index < -0.39 is 5.97 Å². The molecule has 0 radical (unpaired) electrons. The number of fused-ring (bicyclic) bond motifs is 1. The quantitative estimate of drug-likeness (QED) is 0.716. The predicted octanol–water partition coefficient (Wildman–Crippen LogP) is 4.74. The van der Waals surface area contributed by atoms with Crippen LogP contribution in [0, 0.1) is 0 Å². The Bertz CT molecular complexity index is 712. The average molecular weight is 313 g/mol. The van der Waals surface area contributed by atoms with E-state index >= 15 is 0 Å². The Hall–Kier alpha value is -2.36. The highest BCUT2D eigenvalue weighted by Gasteiger charge is 2.09. The fourth-order valence-corrected chi connectivity index (χ4v) is 2.53. The summed E-state index contributed by atoms with van der Waals surface area (Å²) in [4.78, 5) is 22.7. The summed E-state index contributed by atoms with van der Waals surface area (Å²) < 4.78 is 1.61. The summed E-state index contributed by atoms with van der Waals surface area (Å²) in [5.41, 5.74) is 2.00. The van der Waals surface area contributed by atoms with E-state index in [9.17, 15) is 9.59 Å². The van der Waals surface area contributed by atoms with E-state index in [1.165, 1.54) is 12.8 Å². The van der Waals surface area contributed by atoms with Gasteiger partial charge in [0.15, 0.2) is 0 Å². The first-order valence-electron chi connectivity index (χ1n) is 8.14. The molecule has 0 unspecified atom stereocenters. The summed E-state index contributed by atoms with van der Waals surface area (Å²) in [5, 5.41) is 9.66. The number of aliphatic carboxylic acids is 1. The number of rotatable bonds is 8. The molecule has 0 aliphatic carbocycles. The smallest absolute Gasteiger partial charge is 0.303 e. The van der Waals surface area contributed by atoms with Gasteiger partial charge in [-0.1, -0.05) is 38.0 Å². The molecule has 0 fully saturated rings. The molecule has 0 saturated carbocycles. The Morgan fingerprint density at radius 1 is 1.17 bits per heavy atom. The van der Waals surface area contributed by atoms with Crippen molar-refractivity contribution in [3.63, 3.8) is 0 Å². The lowest BCUT2D eigenvalue weighted by Crippen LogP contribution is -2.09. The van der Waals surface area contributed by atoms with E-state index in [2.05, 4.69) is 25.1 Å². The average Bonchev–Trinajstić information content (AvgIpc) is 2.94. The van der Waals surface area contributed by atoms with Crippen molar-refractivity contribution in [1.82, 2.24) is 4.57 Å². The maximum absolute atomic E-state index is 12.2. The minimum Gasteiger partial charge on any atom is -0.481 e. The van der Waals surface area contributed by atoms with E-state index in [1.807, 2.05) is 18.2 Å². The van der Waals surface area contributed by atoms with Gasteiger partial charge in [-0.15, -0.1) is 0 Å². The van der Waals surface area contributed by atoms with E-state index in [4.69, 9.17) is 5.11 Å². The first-order valence-corrected chi connectivity index (χ1v) is 8.14. The number of unbranched alkanes of at least 4 members (excludes halogenated alkanes) is 2. The van der Waals surface area contributed by atoms with Crippen LogP contribution in [0.5, 0.6) is 0 Å². The Labute approximate surface area is 136 Å². The van der Waals surface area contributed by atoms with Crippen molar-refractivity contribution < 1.29 is 14.7 Å². The van der Waals surface area contributed by atoms with Gasteiger partial charge in [-0.05, 0) is 36.6 Å². The van der Waals surface area contributed by atoms with Crippen LogP contribution in [0.4, 0.5) is 0 Å². The molecular weight excluding hydrogens is 290 g/mol. The monoisotopic (exact) mass is 313 g/mol. The summed E-state index contributed by atoms with van der Waals surface area (Å²) >= 11 is 0. The highest BCUT2D eigenvalue weighted by atomic mass is 16.4. The zero-order valence-corrected chi connectivity index (χ0v) is 13.5. The molecule has 0 atom stereocenters. The van der Waals surface area contributed by atoms with Crippen molar-refractivity contribution in [2.45, 2.75) is 45.4 Å². The number of carbonyl (C=O) groups excluding carboxylic acids is 1. The number of aromatic nitrogens is 1. The molecule has 4 nitrogen and oxygen atoms in total. The van der Waals surface area contributed by atoms with E-state index in [-0.39, 0.29) is 18.7 Å². The summed E-state index contributed by atoms with van der Waals surface area (Å²) in [7, 11) is 0. The number of benzene rings is 1. The van der Waals surface area contributed by atoms with Crippen molar-refractivity contribution in [3.05, 3.63) is 42.1 Å². The second-order valence-electron chi connectivity index (χ2n) is 5.69. The van der Waals surface area contributed by atoms with Gasteiger partial charge in [0.25, 0.3) is 0 Å². The van der Waals surface area contributed by atoms with Crippen molar-refractivity contribution in [1.29, 1.82) is 0 Å². The van der Waals surface area contributed by atoms with Crippen molar-refractivity contribution >= 4 is 28.9 Å². The van der Waals surface area contributed by atoms with Crippen LogP contribution in [-0.2, 0) is 4.79 Å². The largest absolute Gasteiger partial charge is 0.481 e. The molecular formula is C19H23NO3. The molecule has 122 valence electrons. The lowest BCUT2D eigenvalue weighted by Gasteiger charge is -2.04. The fraction of sp³-hybridized carbons (Fsp3) is 0.368. The van der Waals surface area contributed by atoms with Crippen LogP contribution < -0.4 is 0 Å². The third-order valence-corrected chi connectivity index (χ3v) is 3.80. The number of allylic oxidation sites excluding steroid dienone is 1. The first kappa shape index (κ1) is 17.0. The molecule has 2 rings (SSSR count). The van der Waals surface area contributed by atoms with Gasteiger partial charge < -0.3 is 5.11 Å². The van der Waals surface area contributed by atoms with Gasteiger partial charge in [0.2, 0.25) is 5.91 Å². The molecule has 0 amide bonds. The predicted molar refractivity (Wildman–Crippen MR) is 92.6 cm³/mol. The topological polar surface area (TPSA) is 59.3 Å². The summed E-state index contributed by atoms with van der Waals surface area (Å²) in [6.07, 6.45) is 10.2. The van der Waals surface area contributed by atoms with E-state index in [0.29, 0.717) is 6.42 Å². The third-order valence-electron chi connectivity index (χ3n) is 3.80. The van der Waals surface area contributed by atoms with Gasteiger partial charge in [0.1, 0.15) is 0 Å². The molecule has 0 spiro atoms. The van der Waals surface area contributed by atoms with Gasteiger partial charge in [0, 0.05) is 24.4 Å². The lowest BCUT2D eigenvalue weighted by atomic mass is 10.1. The van der Waals surface area contributed by atoms with Crippen LogP contribution in [0.1, 0.15) is 55.8 Å². The van der Waals surface area contributed by atoms with Crippen molar-refractivity contribution in [2.75, 3.05) is 0 Å². The van der Waals surface area contributed by atoms with Crippen LogP contribution in [0.3, 0.4) is 0 Å². The second-order valence-corrected chi connectivity index (χ2v) is 5.69. The zero-order chi connectivity index (χ0) is 16.7. The molecule has 0 saturated heterocycles. The zero-order valence-electron chi connectivity index (χ0n) is 13.5. The van der Waals surface area contributed by atoms with Crippen molar-refractivity contribution in [3.8, 4) is 0 Å². The summed E-state index contributed by atoms with van der Waals surface area (Å²) in [6, 6.07) is 7.95.